The standard InChI is InChI=1S/C11H12N2O3S/c1-7-4-8-10(17-7)12-6-13(11(8)14)5-9-15-2-3-16-9/h4,6,9H,2-3,5H2,1H3. The summed E-state index contributed by atoms with van der Waals surface area (Å²) >= 11 is 1.53. The number of hydrogen-bond donors (Lipinski definition) is 0. The number of ether oxygens (including phenoxy) is 2. The van der Waals surface area contributed by atoms with Crippen LogP contribution in [0, 0.1) is 6.92 Å². The molecule has 0 aliphatic carbocycles. The van der Waals surface area contributed by atoms with Crippen molar-refractivity contribution in [2.45, 2.75) is 19.8 Å². The van der Waals surface area contributed by atoms with Gasteiger partial charge in [0, 0.05) is 4.88 Å². The van der Waals surface area contributed by atoms with E-state index in [1.807, 2.05) is 13.0 Å². The first kappa shape index (κ1) is 10.9. The van der Waals surface area contributed by atoms with Crippen LogP contribution in [0.25, 0.3) is 10.2 Å². The van der Waals surface area contributed by atoms with Crippen molar-refractivity contribution in [1.29, 1.82) is 0 Å². The molecule has 5 nitrogen and oxygen atoms in total. The maximum absolute atomic E-state index is 12.1. The third kappa shape index (κ3) is 1.99. The average molecular weight is 252 g/mol. The summed E-state index contributed by atoms with van der Waals surface area (Å²) in [6.45, 7) is 3.55. The largest absolute Gasteiger partial charge is 0.348 e. The van der Waals surface area contributed by atoms with Crippen LogP contribution in [0.3, 0.4) is 0 Å². The second-order valence-electron chi connectivity index (χ2n) is 3.95. The number of fused-ring (bicyclic) bond motifs is 1. The Hall–Kier alpha value is -1.24. The van der Waals surface area contributed by atoms with Gasteiger partial charge in [-0.15, -0.1) is 11.3 Å². The van der Waals surface area contributed by atoms with Gasteiger partial charge < -0.3 is 9.47 Å². The second kappa shape index (κ2) is 4.21. The average Bonchev–Trinajstić information content (AvgIpc) is 2.91. The van der Waals surface area contributed by atoms with E-state index in [1.54, 1.807) is 10.9 Å². The molecule has 0 unspecified atom stereocenters. The van der Waals surface area contributed by atoms with Gasteiger partial charge in [0.15, 0.2) is 6.29 Å². The Morgan fingerprint density at radius 2 is 2.29 bits per heavy atom. The van der Waals surface area contributed by atoms with Crippen molar-refractivity contribution in [2.24, 2.45) is 0 Å². The number of hydrogen-bond acceptors (Lipinski definition) is 5. The summed E-state index contributed by atoms with van der Waals surface area (Å²) in [5.74, 6) is 0. The van der Waals surface area contributed by atoms with E-state index in [0.717, 1.165) is 9.71 Å². The molecule has 90 valence electrons. The maximum Gasteiger partial charge on any atom is 0.262 e. The van der Waals surface area contributed by atoms with E-state index in [0.29, 0.717) is 25.1 Å². The van der Waals surface area contributed by atoms with Crippen molar-refractivity contribution >= 4 is 21.6 Å². The molecule has 0 spiro atoms. The number of aromatic nitrogens is 2. The van der Waals surface area contributed by atoms with E-state index in [2.05, 4.69) is 4.98 Å². The Balaban J connectivity index is 1.99. The summed E-state index contributed by atoms with van der Waals surface area (Å²) in [4.78, 5) is 18.3. The summed E-state index contributed by atoms with van der Waals surface area (Å²) in [5, 5.41) is 0.674. The normalized spacial score (nSPS) is 17.0. The molecule has 2 aromatic rings. The van der Waals surface area contributed by atoms with Crippen LogP contribution in [0.15, 0.2) is 17.2 Å². The zero-order chi connectivity index (χ0) is 11.8. The molecule has 6 heteroatoms. The predicted octanol–water partition coefficient (Wildman–Crippen LogP) is 1.14. The van der Waals surface area contributed by atoms with Crippen molar-refractivity contribution < 1.29 is 9.47 Å². The first-order chi connectivity index (χ1) is 8.24. The van der Waals surface area contributed by atoms with E-state index < -0.39 is 0 Å². The van der Waals surface area contributed by atoms with Crippen molar-refractivity contribution in [1.82, 2.24) is 9.55 Å². The Morgan fingerprint density at radius 1 is 1.53 bits per heavy atom. The molecule has 2 aromatic heterocycles. The molecule has 0 bridgehead atoms. The molecule has 0 amide bonds. The molecule has 17 heavy (non-hydrogen) atoms. The van der Waals surface area contributed by atoms with Gasteiger partial charge in [0.25, 0.3) is 5.56 Å². The zero-order valence-corrected chi connectivity index (χ0v) is 10.2. The van der Waals surface area contributed by atoms with Crippen LogP contribution in [-0.4, -0.2) is 29.1 Å². The van der Waals surface area contributed by atoms with Crippen LogP contribution in [-0.2, 0) is 16.0 Å². The quantitative estimate of drug-likeness (QED) is 0.804. The van der Waals surface area contributed by atoms with Gasteiger partial charge in [0.05, 0.1) is 31.5 Å². The molecule has 0 N–H and O–H groups in total. The van der Waals surface area contributed by atoms with E-state index in [-0.39, 0.29) is 11.8 Å². The van der Waals surface area contributed by atoms with Crippen molar-refractivity contribution in [3.8, 4) is 0 Å². The van der Waals surface area contributed by atoms with Crippen LogP contribution in [0.5, 0.6) is 0 Å². The lowest BCUT2D eigenvalue weighted by Crippen LogP contribution is -2.27. The van der Waals surface area contributed by atoms with E-state index in [1.165, 1.54) is 11.3 Å². The Bertz CT molecular complexity index is 598. The molecule has 1 fully saturated rings. The lowest BCUT2D eigenvalue weighted by molar-refractivity contribution is -0.0531. The van der Waals surface area contributed by atoms with Gasteiger partial charge in [-0.3, -0.25) is 9.36 Å². The first-order valence-electron chi connectivity index (χ1n) is 5.43. The van der Waals surface area contributed by atoms with Gasteiger partial charge in [-0.25, -0.2) is 4.98 Å². The molecule has 0 radical (unpaired) electrons. The zero-order valence-electron chi connectivity index (χ0n) is 9.38. The van der Waals surface area contributed by atoms with E-state index >= 15 is 0 Å². The van der Waals surface area contributed by atoms with Crippen molar-refractivity contribution in [3.05, 3.63) is 27.6 Å². The number of aryl methyl sites for hydroxylation is 1. The van der Waals surface area contributed by atoms with Crippen LogP contribution >= 0.6 is 11.3 Å². The SMILES string of the molecule is Cc1cc2c(=O)n(CC3OCCO3)cnc2s1. The van der Waals surface area contributed by atoms with Crippen LogP contribution in [0.1, 0.15) is 4.88 Å². The first-order valence-corrected chi connectivity index (χ1v) is 6.24. The fraction of sp³-hybridized carbons (Fsp3) is 0.455. The minimum atomic E-state index is -0.327. The van der Waals surface area contributed by atoms with Crippen LogP contribution < -0.4 is 5.56 Å². The number of thiophene rings is 1. The number of rotatable bonds is 2. The van der Waals surface area contributed by atoms with Crippen molar-refractivity contribution in [2.75, 3.05) is 13.2 Å². The molecule has 1 aliphatic rings. The third-order valence-electron chi connectivity index (χ3n) is 2.68. The summed E-state index contributed by atoms with van der Waals surface area (Å²) in [5.41, 5.74) is -0.0292. The lowest BCUT2D eigenvalue weighted by Gasteiger charge is -2.10. The molecular weight excluding hydrogens is 240 g/mol. The Labute approximate surface area is 102 Å². The van der Waals surface area contributed by atoms with E-state index in [4.69, 9.17) is 9.47 Å². The minimum absolute atomic E-state index is 0.0292. The molecule has 3 rings (SSSR count). The van der Waals surface area contributed by atoms with Gasteiger partial charge in [0.2, 0.25) is 0 Å². The summed E-state index contributed by atoms with van der Waals surface area (Å²) in [7, 11) is 0. The fourth-order valence-electron chi connectivity index (χ4n) is 1.88. The Kier molecular flexibility index (Phi) is 2.70. The molecule has 0 saturated carbocycles. The Morgan fingerprint density at radius 3 is 3.06 bits per heavy atom. The predicted molar refractivity (Wildman–Crippen MR) is 64.3 cm³/mol. The molecule has 3 heterocycles. The molecule has 0 atom stereocenters. The van der Waals surface area contributed by atoms with Gasteiger partial charge >= 0.3 is 0 Å². The topological polar surface area (TPSA) is 53.4 Å². The van der Waals surface area contributed by atoms with Crippen LogP contribution in [0.2, 0.25) is 0 Å². The minimum Gasteiger partial charge on any atom is -0.348 e. The summed E-state index contributed by atoms with van der Waals surface area (Å²) in [6.07, 6.45) is 1.23. The lowest BCUT2D eigenvalue weighted by atomic mass is 10.3. The summed E-state index contributed by atoms with van der Waals surface area (Å²) in [6, 6.07) is 1.88. The monoisotopic (exact) mass is 252 g/mol. The van der Waals surface area contributed by atoms with Crippen molar-refractivity contribution in [3.63, 3.8) is 0 Å². The second-order valence-corrected chi connectivity index (χ2v) is 5.18. The third-order valence-corrected chi connectivity index (χ3v) is 3.64. The summed E-state index contributed by atoms with van der Waals surface area (Å²) < 4.78 is 12.2. The molecular formula is C11H12N2O3S. The number of nitrogens with zero attached hydrogens (tertiary/aromatic N) is 2. The van der Waals surface area contributed by atoms with E-state index in [9.17, 15) is 4.79 Å². The highest BCUT2D eigenvalue weighted by Crippen LogP contribution is 2.19. The highest BCUT2D eigenvalue weighted by molar-refractivity contribution is 7.18. The maximum atomic E-state index is 12.1. The van der Waals surface area contributed by atoms with Gasteiger partial charge in [-0.05, 0) is 13.0 Å². The molecule has 1 saturated heterocycles. The smallest absolute Gasteiger partial charge is 0.262 e. The molecule has 0 aromatic carbocycles. The highest BCUT2D eigenvalue weighted by atomic mass is 32.1. The molecule has 1 aliphatic heterocycles. The fourth-order valence-corrected chi connectivity index (χ4v) is 2.72. The van der Waals surface area contributed by atoms with Crippen LogP contribution in [0.4, 0.5) is 0 Å². The van der Waals surface area contributed by atoms with Gasteiger partial charge in [-0.2, -0.15) is 0 Å². The van der Waals surface area contributed by atoms with Gasteiger partial charge in [0.1, 0.15) is 4.83 Å². The van der Waals surface area contributed by atoms with Gasteiger partial charge in [-0.1, -0.05) is 0 Å². The highest BCUT2D eigenvalue weighted by Gasteiger charge is 2.17.